The average Bonchev–Trinajstić information content (AvgIpc) is 2.66. The van der Waals surface area contributed by atoms with Gasteiger partial charge in [-0.05, 0) is 25.2 Å². The first-order valence-electron chi connectivity index (χ1n) is 3.87. The smallest absolute Gasteiger partial charge is 0.0845 e. The Morgan fingerprint density at radius 2 is 2.30 bits per heavy atom. The third kappa shape index (κ3) is 1.34. The molecule has 0 amide bonds. The Kier molecular flexibility index (Phi) is 1.94. The summed E-state index contributed by atoms with van der Waals surface area (Å²) in [5, 5.41) is 0. The van der Waals surface area contributed by atoms with E-state index in [2.05, 4.69) is 9.47 Å². The summed E-state index contributed by atoms with van der Waals surface area (Å²) in [6.45, 7) is 0.886. The molecule has 0 radical (unpaired) electrons. The molecule has 0 aromatic heterocycles. The van der Waals surface area contributed by atoms with Crippen LogP contribution in [-0.2, 0) is 9.26 Å². The highest BCUT2D eigenvalue weighted by Gasteiger charge is 2.43. The third-order valence-corrected chi connectivity index (χ3v) is 2.64. The second-order valence-corrected chi connectivity index (χ2v) is 3.56. The van der Waals surface area contributed by atoms with Crippen LogP contribution in [0.15, 0.2) is 0 Å². The van der Waals surface area contributed by atoms with Crippen LogP contribution in [0.2, 0.25) is 0 Å². The van der Waals surface area contributed by atoms with Crippen molar-refractivity contribution >= 4 is 9.47 Å². The van der Waals surface area contributed by atoms with E-state index in [0.717, 1.165) is 12.5 Å². The van der Waals surface area contributed by atoms with Gasteiger partial charge in [-0.2, -0.15) is 0 Å². The fourth-order valence-corrected chi connectivity index (χ4v) is 2.05. The van der Waals surface area contributed by atoms with E-state index in [1.54, 1.807) is 0 Å². The van der Waals surface area contributed by atoms with Gasteiger partial charge in [-0.1, -0.05) is 0 Å². The van der Waals surface area contributed by atoms with Crippen LogP contribution in [0.4, 0.5) is 0 Å². The van der Waals surface area contributed by atoms with Crippen molar-refractivity contribution in [3.8, 4) is 0 Å². The molecule has 2 aliphatic rings. The van der Waals surface area contributed by atoms with Crippen LogP contribution >= 0.6 is 9.47 Å². The van der Waals surface area contributed by atoms with Crippen LogP contribution in [-0.4, -0.2) is 18.8 Å². The zero-order valence-electron chi connectivity index (χ0n) is 5.95. The minimum Gasteiger partial charge on any atom is -0.370 e. The maximum atomic E-state index is 5.39. The van der Waals surface area contributed by atoms with Gasteiger partial charge in [0.1, 0.15) is 0 Å². The summed E-state index contributed by atoms with van der Waals surface area (Å²) >= 11 is 0. The number of ether oxygens (including phenoxy) is 1. The molecule has 1 aliphatic heterocycles. The molecule has 1 aliphatic carbocycles. The first-order chi connectivity index (χ1) is 4.90. The van der Waals surface area contributed by atoms with E-state index in [1.165, 1.54) is 19.3 Å². The summed E-state index contributed by atoms with van der Waals surface area (Å²) in [7, 11) is 2.31. The van der Waals surface area contributed by atoms with Crippen LogP contribution in [0, 0.1) is 5.92 Å². The van der Waals surface area contributed by atoms with E-state index in [0.29, 0.717) is 12.2 Å². The SMILES string of the molecule is POCC1CCC2OC2C1. The van der Waals surface area contributed by atoms with E-state index in [-0.39, 0.29) is 0 Å². The maximum Gasteiger partial charge on any atom is 0.0845 e. The molecule has 4 unspecified atom stereocenters. The van der Waals surface area contributed by atoms with Crippen molar-refractivity contribution in [2.45, 2.75) is 31.5 Å². The minimum atomic E-state index is 0.596. The Hall–Kier alpha value is 0.350. The molecule has 58 valence electrons. The molecule has 0 aromatic carbocycles. The molecule has 10 heavy (non-hydrogen) atoms. The molecule has 0 aromatic rings. The standard InChI is InChI=1S/C7H13O2P/c10-8-4-5-1-2-6-7(3-5)9-6/h5-7H,1-4,10H2. The first kappa shape index (κ1) is 7.02. The topological polar surface area (TPSA) is 21.8 Å². The third-order valence-electron chi connectivity index (χ3n) is 2.44. The summed E-state index contributed by atoms with van der Waals surface area (Å²) < 4.78 is 10.4. The Morgan fingerprint density at radius 1 is 1.40 bits per heavy atom. The van der Waals surface area contributed by atoms with Crippen molar-refractivity contribution in [1.29, 1.82) is 0 Å². The van der Waals surface area contributed by atoms with E-state index in [4.69, 9.17) is 9.26 Å². The lowest BCUT2D eigenvalue weighted by Gasteiger charge is -2.16. The molecular formula is C7H13O2P. The Balaban J connectivity index is 1.77. The molecule has 0 bridgehead atoms. The minimum absolute atomic E-state index is 0.596. The van der Waals surface area contributed by atoms with Crippen molar-refractivity contribution in [3.05, 3.63) is 0 Å². The summed E-state index contributed by atoms with van der Waals surface area (Å²) in [4.78, 5) is 0. The quantitative estimate of drug-likeness (QED) is 0.449. The van der Waals surface area contributed by atoms with Gasteiger partial charge in [0.05, 0.1) is 18.8 Å². The molecule has 0 N–H and O–H groups in total. The largest absolute Gasteiger partial charge is 0.370 e. The van der Waals surface area contributed by atoms with Gasteiger partial charge in [-0.15, -0.1) is 0 Å². The maximum absolute atomic E-state index is 5.39. The van der Waals surface area contributed by atoms with Gasteiger partial charge in [-0.3, -0.25) is 0 Å². The van der Waals surface area contributed by atoms with Crippen LogP contribution in [0.3, 0.4) is 0 Å². The van der Waals surface area contributed by atoms with Crippen molar-refractivity contribution in [2.75, 3.05) is 6.61 Å². The highest BCUT2D eigenvalue weighted by Crippen LogP contribution is 2.39. The van der Waals surface area contributed by atoms with Gasteiger partial charge in [0.15, 0.2) is 0 Å². The molecule has 3 heteroatoms. The summed E-state index contributed by atoms with van der Waals surface area (Å²) in [5.74, 6) is 0.751. The van der Waals surface area contributed by atoms with Crippen molar-refractivity contribution in [3.63, 3.8) is 0 Å². The van der Waals surface area contributed by atoms with Gasteiger partial charge in [0, 0.05) is 9.47 Å². The highest BCUT2D eigenvalue weighted by atomic mass is 31.0. The monoisotopic (exact) mass is 160 g/mol. The summed E-state index contributed by atoms with van der Waals surface area (Å²) in [6, 6.07) is 0. The van der Waals surface area contributed by atoms with E-state index < -0.39 is 0 Å². The van der Waals surface area contributed by atoms with E-state index in [1.807, 2.05) is 0 Å². The first-order valence-corrected chi connectivity index (χ1v) is 4.34. The van der Waals surface area contributed by atoms with Gasteiger partial charge in [-0.25, -0.2) is 0 Å². The molecule has 4 atom stereocenters. The lowest BCUT2D eigenvalue weighted by molar-refractivity contribution is 0.244. The zero-order chi connectivity index (χ0) is 6.97. The molecule has 1 saturated heterocycles. The van der Waals surface area contributed by atoms with Crippen LogP contribution < -0.4 is 0 Å². The number of hydrogen-bond donors (Lipinski definition) is 0. The van der Waals surface area contributed by atoms with E-state index in [9.17, 15) is 0 Å². The van der Waals surface area contributed by atoms with Crippen molar-refractivity contribution in [1.82, 2.24) is 0 Å². The van der Waals surface area contributed by atoms with Gasteiger partial charge in [0.25, 0.3) is 0 Å². The van der Waals surface area contributed by atoms with Gasteiger partial charge < -0.3 is 9.26 Å². The van der Waals surface area contributed by atoms with E-state index >= 15 is 0 Å². The van der Waals surface area contributed by atoms with Gasteiger partial charge >= 0.3 is 0 Å². The van der Waals surface area contributed by atoms with Crippen LogP contribution in [0.5, 0.6) is 0 Å². The zero-order valence-corrected chi connectivity index (χ0v) is 7.11. The Morgan fingerprint density at radius 3 is 3.00 bits per heavy atom. The highest BCUT2D eigenvalue weighted by molar-refractivity contribution is 7.09. The molecule has 2 fully saturated rings. The molecule has 2 nitrogen and oxygen atoms in total. The molecule has 0 spiro atoms. The number of rotatable bonds is 2. The molecular weight excluding hydrogens is 147 g/mol. The average molecular weight is 160 g/mol. The molecule has 1 saturated carbocycles. The number of hydrogen-bond acceptors (Lipinski definition) is 2. The lowest BCUT2D eigenvalue weighted by Crippen LogP contribution is -2.16. The summed E-state index contributed by atoms with van der Waals surface area (Å²) in [6.07, 6.45) is 4.98. The normalized spacial score (nSPS) is 44.7. The fraction of sp³-hybridized carbons (Fsp3) is 1.00. The fourth-order valence-electron chi connectivity index (χ4n) is 1.77. The Bertz CT molecular complexity index is 129. The molecule has 1 heterocycles. The number of fused-ring (bicyclic) bond motifs is 1. The summed E-state index contributed by atoms with van der Waals surface area (Å²) in [5.41, 5.74) is 0. The van der Waals surface area contributed by atoms with Crippen molar-refractivity contribution in [2.24, 2.45) is 5.92 Å². The molecule has 2 rings (SSSR count). The predicted octanol–water partition coefficient (Wildman–Crippen LogP) is 1.36. The lowest BCUT2D eigenvalue weighted by atomic mass is 9.90. The predicted molar refractivity (Wildman–Crippen MR) is 41.7 cm³/mol. The Labute approximate surface area is 63.6 Å². The second-order valence-electron chi connectivity index (χ2n) is 3.23. The van der Waals surface area contributed by atoms with Crippen LogP contribution in [0.1, 0.15) is 19.3 Å². The second kappa shape index (κ2) is 2.77. The van der Waals surface area contributed by atoms with Gasteiger partial charge in [0.2, 0.25) is 0 Å². The van der Waals surface area contributed by atoms with Crippen LogP contribution in [0.25, 0.3) is 0 Å². The number of epoxide rings is 1. The van der Waals surface area contributed by atoms with Crippen molar-refractivity contribution < 1.29 is 9.26 Å².